The lowest BCUT2D eigenvalue weighted by Gasteiger charge is -2.06. The average molecular weight is 234 g/mol. The van der Waals surface area contributed by atoms with E-state index in [1.165, 1.54) is 12.1 Å². The molecule has 2 aromatic carbocycles. The number of para-hydroxylation sites is 2. The Balaban J connectivity index is 2.48. The van der Waals surface area contributed by atoms with Gasteiger partial charge in [0.15, 0.2) is 0 Å². The number of phenolic OH excluding ortho intramolecular Hbond substituents is 2. The zero-order valence-corrected chi connectivity index (χ0v) is 9.42. The summed E-state index contributed by atoms with van der Waals surface area (Å²) in [5, 5.41) is 19.9. The molecule has 0 aliphatic rings. The van der Waals surface area contributed by atoms with Gasteiger partial charge in [0, 0.05) is 0 Å². The van der Waals surface area contributed by atoms with Crippen LogP contribution in [0.1, 0.15) is 0 Å². The lowest BCUT2D eigenvalue weighted by atomic mass is 10.3. The molecule has 4 heteroatoms. The fraction of sp³-hybridized carbons (Fsp3) is 0. The van der Waals surface area contributed by atoms with E-state index in [4.69, 9.17) is 0 Å². The largest absolute Gasteiger partial charge is 0.507 e. The molecule has 0 aliphatic carbocycles. The van der Waals surface area contributed by atoms with Crippen LogP contribution in [0.25, 0.3) is 0 Å². The zero-order valence-electron chi connectivity index (χ0n) is 8.42. The molecule has 3 nitrogen and oxygen atoms in total. The number of phenols is 2. The van der Waals surface area contributed by atoms with E-state index < -0.39 is 7.80 Å². The molecule has 0 saturated heterocycles. The third-order valence-corrected chi connectivity index (χ3v) is 4.12. The molecule has 0 heterocycles. The van der Waals surface area contributed by atoms with Crippen molar-refractivity contribution >= 4 is 18.4 Å². The molecule has 2 N–H and O–H groups in total. The first-order valence-corrected chi connectivity index (χ1v) is 6.21. The van der Waals surface area contributed by atoms with Crippen molar-refractivity contribution in [3.05, 3.63) is 48.5 Å². The minimum Gasteiger partial charge on any atom is -0.507 e. The van der Waals surface area contributed by atoms with E-state index in [-0.39, 0.29) is 11.5 Å². The molecule has 0 spiro atoms. The summed E-state index contributed by atoms with van der Waals surface area (Å²) in [6.45, 7) is 0. The summed E-state index contributed by atoms with van der Waals surface area (Å²) in [6.07, 6.45) is 0. The van der Waals surface area contributed by atoms with Gasteiger partial charge in [-0.05, 0) is 24.3 Å². The van der Waals surface area contributed by atoms with Crippen molar-refractivity contribution in [1.29, 1.82) is 0 Å². The topological polar surface area (TPSA) is 57.5 Å². The normalized spacial score (nSPS) is 10.6. The van der Waals surface area contributed by atoms with E-state index in [1.807, 2.05) is 0 Å². The SMILES string of the molecule is O=[PH](c1ccccc1O)c1ccccc1O. The third kappa shape index (κ3) is 1.95. The second-order valence-electron chi connectivity index (χ2n) is 3.36. The molecule has 2 aromatic rings. The minimum atomic E-state index is -2.35. The van der Waals surface area contributed by atoms with Crippen LogP contribution in [0, 0.1) is 0 Å². The molecule has 0 unspecified atom stereocenters. The van der Waals surface area contributed by atoms with Crippen LogP contribution in [-0.2, 0) is 4.57 Å². The van der Waals surface area contributed by atoms with E-state index >= 15 is 0 Å². The Morgan fingerprint density at radius 1 is 0.750 bits per heavy atom. The maximum Gasteiger partial charge on any atom is 0.139 e. The zero-order chi connectivity index (χ0) is 11.5. The number of hydrogen-bond donors (Lipinski definition) is 2. The van der Waals surface area contributed by atoms with E-state index in [1.54, 1.807) is 36.4 Å². The van der Waals surface area contributed by atoms with Gasteiger partial charge in [0.05, 0.1) is 10.6 Å². The Hall–Kier alpha value is -1.73. The van der Waals surface area contributed by atoms with Gasteiger partial charge in [0.1, 0.15) is 19.3 Å². The number of aromatic hydroxyl groups is 2. The van der Waals surface area contributed by atoms with Crippen LogP contribution >= 0.6 is 7.80 Å². The summed E-state index contributed by atoms with van der Waals surface area (Å²) in [5.41, 5.74) is 0. The first-order valence-electron chi connectivity index (χ1n) is 4.81. The molecular formula is C12H11O3P. The van der Waals surface area contributed by atoms with Gasteiger partial charge in [-0.15, -0.1) is 0 Å². The van der Waals surface area contributed by atoms with Crippen molar-refractivity contribution in [1.82, 2.24) is 0 Å². The van der Waals surface area contributed by atoms with Crippen LogP contribution in [0.3, 0.4) is 0 Å². The fourth-order valence-corrected chi connectivity index (χ4v) is 2.89. The predicted octanol–water partition coefficient (Wildman–Crippen LogP) is 1.61. The van der Waals surface area contributed by atoms with Gasteiger partial charge >= 0.3 is 0 Å². The Morgan fingerprint density at radius 2 is 1.12 bits per heavy atom. The predicted molar refractivity (Wildman–Crippen MR) is 64.5 cm³/mol. The van der Waals surface area contributed by atoms with E-state index in [0.29, 0.717) is 10.6 Å². The Kier molecular flexibility index (Phi) is 2.97. The van der Waals surface area contributed by atoms with Crippen LogP contribution < -0.4 is 10.6 Å². The van der Waals surface area contributed by atoms with Gasteiger partial charge < -0.3 is 14.8 Å². The average Bonchev–Trinajstić information content (AvgIpc) is 2.29. The first kappa shape index (κ1) is 10.8. The lowest BCUT2D eigenvalue weighted by molar-refractivity contribution is 0.478. The lowest BCUT2D eigenvalue weighted by Crippen LogP contribution is -2.07. The Labute approximate surface area is 93.8 Å². The van der Waals surface area contributed by atoms with Gasteiger partial charge in [-0.2, -0.15) is 0 Å². The van der Waals surface area contributed by atoms with Gasteiger partial charge in [-0.3, -0.25) is 0 Å². The van der Waals surface area contributed by atoms with Crippen LogP contribution in [0.5, 0.6) is 11.5 Å². The van der Waals surface area contributed by atoms with E-state index in [9.17, 15) is 14.8 Å². The molecule has 0 amide bonds. The number of benzene rings is 2. The van der Waals surface area contributed by atoms with Crippen molar-refractivity contribution in [3.63, 3.8) is 0 Å². The van der Waals surface area contributed by atoms with Gasteiger partial charge in [-0.1, -0.05) is 24.3 Å². The molecule has 16 heavy (non-hydrogen) atoms. The third-order valence-electron chi connectivity index (χ3n) is 2.30. The van der Waals surface area contributed by atoms with Gasteiger partial charge in [0.2, 0.25) is 0 Å². The maximum absolute atomic E-state index is 12.2. The standard InChI is InChI=1S/C12H11O3P/c13-9-5-1-3-7-11(9)16(15)12-8-4-2-6-10(12)14/h1-8,13-14,16H. The summed E-state index contributed by atoms with van der Waals surface area (Å²) in [6, 6.07) is 12.9. The number of rotatable bonds is 2. The van der Waals surface area contributed by atoms with Crippen molar-refractivity contribution in [3.8, 4) is 11.5 Å². The van der Waals surface area contributed by atoms with E-state index in [0.717, 1.165) is 0 Å². The van der Waals surface area contributed by atoms with Gasteiger partial charge in [-0.25, -0.2) is 0 Å². The second kappa shape index (κ2) is 4.42. The summed E-state index contributed by atoms with van der Waals surface area (Å²) in [5.74, 6) is -0.00992. The molecule has 0 atom stereocenters. The molecule has 0 bridgehead atoms. The van der Waals surface area contributed by atoms with Crippen molar-refractivity contribution in [2.75, 3.05) is 0 Å². The van der Waals surface area contributed by atoms with Crippen molar-refractivity contribution in [2.24, 2.45) is 0 Å². The van der Waals surface area contributed by atoms with Crippen LogP contribution in [0.2, 0.25) is 0 Å². The van der Waals surface area contributed by atoms with Crippen molar-refractivity contribution < 1.29 is 14.8 Å². The first-order chi connectivity index (χ1) is 7.70. The molecule has 0 radical (unpaired) electrons. The van der Waals surface area contributed by atoms with Gasteiger partial charge in [0.25, 0.3) is 0 Å². The maximum atomic E-state index is 12.2. The molecule has 0 fully saturated rings. The molecular weight excluding hydrogens is 223 g/mol. The highest BCUT2D eigenvalue weighted by Gasteiger charge is 2.13. The van der Waals surface area contributed by atoms with E-state index in [2.05, 4.69) is 0 Å². The quantitative estimate of drug-likeness (QED) is 0.776. The molecule has 2 rings (SSSR count). The minimum absolute atomic E-state index is 0.00496. The Bertz CT molecular complexity index is 490. The summed E-state index contributed by atoms with van der Waals surface area (Å²) in [7, 11) is -2.35. The summed E-state index contributed by atoms with van der Waals surface area (Å²) < 4.78 is 12.2. The second-order valence-corrected chi connectivity index (χ2v) is 5.10. The summed E-state index contributed by atoms with van der Waals surface area (Å²) in [4.78, 5) is 0. The van der Waals surface area contributed by atoms with Crippen LogP contribution in [-0.4, -0.2) is 10.2 Å². The number of hydrogen-bond acceptors (Lipinski definition) is 3. The molecule has 0 aliphatic heterocycles. The van der Waals surface area contributed by atoms with Crippen molar-refractivity contribution in [2.45, 2.75) is 0 Å². The highest BCUT2D eigenvalue weighted by atomic mass is 31.1. The van der Waals surface area contributed by atoms with Crippen LogP contribution in [0.15, 0.2) is 48.5 Å². The Morgan fingerprint density at radius 3 is 1.50 bits per heavy atom. The molecule has 82 valence electrons. The van der Waals surface area contributed by atoms with Crippen LogP contribution in [0.4, 0.5) is 0 Å². The highest BCUT2D eigenvalue weighted by molar-refractivity contribution is 7.62. The smallest absolute Gasteiger partial charge is 0.139 e. The summed E-state index contributed by atoms with van der Waals surface area (Å²) >= 11 is 0. The fourth-order valence-electron chi connectivity index (χ4n) is 1.48. The molecule has 0 aromatic heterocycles. The highest BCUT2D eigenvalue weighted by Crippen LogP contribution is 2.28. The molecule has 0 saturated carbocycles. The monoisotopic (exact) mass is 234 g/mol.